The number of nitrogens with zero attached hydrogens (tertiary/aromatic N) is 2. The van der Waals surface area contributed by atoms with E-state index in [4.69, 9.17) is 10.6 Å². The van der Waals surface area contributed by atoms with Crippen LogP contribution in [0, 0.1) is 34.5 Å². The standard InChI is InChI=1S/C24H37N3O3.ClH/c1-23-10-8-14(27-30-21-5-3-4-19(21)25)12-18(23)20(26-29)13-15-16-6-7-22(28)24(16,2)11-9-17(15)23;/h15-19,21,29H,3-13,25H2,1-2H3;1H/b26-20+,27-14+;/t15-,16-,17-,18?,19?,21?,23+,24-;/m0./s1. The minimum atomic E-state index is -0.153. The van der Waals surface area contributed by atoms with Gasteiger partial charge in [0.25, 0.3) is 0 Å². The molecular weight excluding hydrogens is 414 g/mol. The van der Waals surface area contributed by atoms with Crippen LogP contribution in [0.4, 0.5) is 0 Å². The summed E-state index contributed by atoms with van der Waals surface area (Å²) in [4.78, 5) is 18.5. The molecule has 0 spiro atoms. The Bertz CT molecular complexity index is 786. The number of ketones is 1. The summed E-state index contributed by atoms with van der Waals surface area (Å²) in [6, 6.07) is 0.0962. The molecule has 8 atom stereocenters. The van der Waals surface area contributed by atoms with Crippen LogP contribution in [-0.2, 0) is 9.63 Å². The van der Waals surface area contributed by atoms with Crippen LogP contribution in [0.1, 0.15) is 84.5 Å². The van der Waals surface area contributed by atoms with Crippen molar-refractivity contribution < 1.29 is 14.8 Å². The molecule has 6 nitrogen and oxygen atoms in total. The van der Waals surface area contributed by atoms with Gasteiger partial charge in [0.1, 0.15) is 11.9 Å². The molecule has 0 bridgehead atoms. The van der Waals surface area contributed by atoms with E-state index in [-0.39, 0.29) is 41.3 Å². The molecule has 31 heavy (non-hydrogen) atoms. The first kappa shape index (κ1) is 23.0. The van der Waals surface area contributed by atoms with E-state index in [0.29, 0.717) is 23.5 Å². The fourth-order valence-corrected chi connectivity index (χ4v) is 8.07. The maximum Gasteiger partial charge on any atom is 0.142 e. The normalized spacial score (nSPS) is 49.3. The molecule has 5 aliphatic rings. The van der Waals surface area contributed by atoms with Gasteiger partial charge >= 0.3 is 0 Å². The lowest BCUT2D eigenvalue weighted by Crippen LogP contribution is -2.56. The van der Waals surface area contributed by atoms with Gasteiger partial charge in [0.15, 0.2) is 0 Å². The predicted molar refractivity (Wildman–Crippen MR) is 123 cm³/mol. The Morgan fingerprint density at radius 3 is 2.58 bits per heavy atom. The molecule has 174 valence electrons. The lowest BCUT2D eigenvalue weighted by molar-refractivity contribution is -0.133. The second-order valence-electron chi connectivity index (χ2n) is 11.2. The van der Waals surface area contributed by atoms with E-state index in [0.717, 1.165) is 82.1 Å². The van der Waals surface area contributed by atoms with Gasteiger partial charge in [-0.2, -0.15) is 0 Å². The average molecular weight is 452 g/mol. The Labute approximate surface area is 191 Å². The molecule has 0 aromatic rings. The van der Waals surface area contributed by atoms with E-state index in [1.807, 2.05) is 0 Å². The van der Waals surface area contributed by atoms with Crippen molar-refractivity contribution in [2.75, 3.05) is 0 Å². The van der Waals surface area contributed by atoms with Gasteiger partial charge in [0.2, 0.25) is 0 Å². The molecule has 5 aliphatic carbocycles. The molecule has 0 amide bonds. The fraction of sp³-hybridized carbons (Fsp3) is 0.875. The zero-order chi connectivity index (χ0) is 21.1. The number of hydrogen-bond acceptors (Lipinski definition) is 6. The Kier molecular flexibility index (Phi) is 6.19. The van der Waals surface area contributed by atoms with Crippen LogP contribution in [0.25, 0.3) is 0 Å². The van der Waals surface area contributed by atoms with Crippen molar-refractivity contribution in [3.63, 3.8) is 0 Å². The van der Waals surface area contributed by atoms with Crippen LogP contribution in [-0.4, -0.2) is 34.6 Å². The first-order chi connectivity index (χ1) is 14.4. The van der Waals surface area contributed by atoms with Crippen LogP contribution in [0.5, 0.6) is 0 Å². The number of carbonyl (C=O) groups is 1. The van der Waals surface area contributed by atoms with Gasteiger partial charge in [-0.15, -0.1) is 12.4 Å². The van der Waals surface area contributed by atoms with Crippen molar-refractivity contribution in [1.82, 2.24) is 0 Å². The summed E-state index contributed by atoms with van der Waals surface area (Å²) in [6.07, 6.45) is 10.7. The summed E-state index contributed by atoms with van der Waals surface area (Å²) in [6.45, 7) is 4.60. The van der Waals surface area contributed by atoms with Crippen molar-refractivity contribution in [3.8, 4) is 0 Å². The second kappa shape index (κ2) is 8.33. The molecule has 0 saturated heterocycles. The maximum absolute atomic E-state index is 12.6. The second-order valence-corrected chi connectivity index (χ2v) is 11.2. The molecule has 3 N–H and O–H groups in total. The summed E-state index contributed by atoms with van der Waals surface area (Å²) in [5, 5.41) is 18.3. The highest BCUT2D eigenvalue weighted by molar-refractivity contribution is 5.96. The van der Waals surface area contributed by atoms with Gasteiger partial charge in [-0.3, -0.25) is 4.79 Å². The summed E-state index contributed by atoms with van der Waals surface area (Å²) >= 11 is 0. The highest BCUT2D eigenvalue weighted by Gasteiger charge is 2.61. The molecule has 0 aliphatic heterocycles. The topological polar surface area (TPSA) is 97.3 Å². The number of carbonyl (C=O) groups excluding carboxylic acids is 1. The van der Waals surface area contributed by atoms with Gasteiger partial charge < -0.3 is 15.8 Å². The number of rotatable bonds is 2. The number of fused-ring (bicyclic) bond motifs is 5. The third kappa shape index (κ3) is 3.52. The van der Waals surface area contributed by atoms with E-state index >= 15 is 0 Å². The molecule has 0 aromatic carbocycles. The Morgan fingerprint density at radius 1 is 1.06 bits per heavy atom. The van der Waals surface area contributed by atoms with Gasteiger partial charge in [0.05, 0.1) is 11.4 Å². The van der Waals surface area contributed by atoms with E-state index < -0.39 is 0 Å². The number of hydrogen-bond donors (Lipinski definition) is 2. The van der Waals surface area contributed by atoms with E-state index in [1.54, 1.807) is 0 Å². The zero-order valence-corrected chi connectivity index (χ0v) is 19.7. The number of oxime groups is 2. The highest BCUT2D eigenvalue weighted by Crippen LogP contribution is 2.64. The summed E-state index contributed by atoms with van der Waals surface area (Å²) in [5.74, 6) is 2.19. The summed E-state index contributed by atoms with van der Waals surface area (Å²) < 4.78 is 0. The molecule has 7 heteroatoms. The van der Waals surface area contributed by atoms with Crippen molar-refractivity contribution in [2.24, 2.45) is 50.5 Å². The van der Waals surface area contributed by atoms with Gasteiger partial charge in [-0.05, 0) is 87.4 Å². The van der Waals surface area contributed by atoms with E-state index in [2.05, 4.69) is 24.2 Å². The quantitative estimate of drug-likeness (QED) is 0.469. The van der Waals surface area contributed by atoms with Crippen molar-refractivity contribution in [3.05, 3.63) is 0 Å². The first-order valence-corrected chi connectivity index (χ1v) is 12.1. The molecule has 5 fully saturated rings. The molecule has 5 saturated carbocycles. The van der Waals surface area contributed by atoms with E-state index in [9.17, 15) is 10.0 Å². The SMILES string of the molecule is C[C@]12CC/C(=N\OC3CCCC3N)CC1/C(=N/O)C[C@@H]1[C@@H]2CC[C@]2(C)C(=O)CC[C@@H]12.Cl. The number of Topliss-reactive ketones (excluding diaryl/α,β-unsaturated/α-hetero) is 1. The van der Waals surface area contributed by atoms with Gasteiger partial charge in [-0.25, -0.2) is 0 Å². The van der Waals surface area contributed by atoms with E-state index in [1.165, 1.54) is 0 Å². The maximum atomic E-state index is 12.6. The lowest BCUT2D eigenvalue weighted by Gasteiger charge is -2.59. The third-order valence-corrected chi connectivity index (χ3v) is 9.98. The minimum Gasteiger partial charge on any atom is -0.411 e. The van der Waals surface area contributed by atoms with Crippen LogP contribution in [0.15, 0.2) is 10.3 Å². The molecular formula is C24H38ClN3O3. The van der Waals surface area contributed by atoms with Crippen molar-refractivity contribution in [1.29, 1.82) is 0 Å². The van der Waals surface area contributed by atoms with Crippen LogP contribution < -0.4 is 5.73 Å². The van der Waals surface area contributed by atoms with Crippen molar-refractivity contribution >= 4 is 29.6 Å². The lowest BCUT2D eigenvalue weighted by atomic mass is 9.45. The van der Waals surface area contributed by atoms with Gasteiger partial charge in [0, 0.05) is 23.8 Å². The largest absolute Gasteiger partial charge is 0.411 e. The van der Waals surface area contributed by atoms with Crippen LogP contribution in [0.3, 0.4) is 0 Å². The minimum absolute atomic E-state index is 0. The summed E-state index contributed by atoms with van der Waals surface area (Å²) in [5.41, 5.74) is 8.10. The highest BCUT2D eigenvalue weighted by atomic mass is 35.5. The number of nitrogens with two attached hydrogens (primary N) is 1. The molecule has 5 rings (SSSR count). The Hall–Kier alpha value is -1.14. The van der Waals surface area contributed by atoms with Crippen LogP contribution in [0.2, 0.25) is 0 Å². The fourth-order valence-electron chi connectivity index (χ4n) is 8.07. The van der Waals surface area contributed by atoms with Crippen molar-refractivity contribution in [2.45, 2.75) is 96.6 Å². The smallest absolute Gasteiger partial charge is 0.142 e. The van der Waals surface area contributed by atoms with Crippen LogP contribution >= 0.6 is 12.4 Å². The monoisotopic (exact) mass is 451 g/mol. The Balaban J connectivity index is 0.00000231. The molecule has 0 radical (unpaired) electrons. The zero-order valence-electron chi connectivity index (χ0n) is 18.9. The summed E-state index contributed by atoms with van der Waals surface area (Å²) in [7, 11) is 0. The third-order valence-electron chi connectivity index (χ3n) is 9.98. The van der Waals surface area contributed by atoms with Gasteiger partial charge in [-0.1, -0.05) is 24.2 Å². The average Bonchev–Trinajstić information content (AvgIpc) is 3.28. The number of halogens is 1. The predicted octanol–water partition coefficient (Wildman–Crippen LogP) is 4.71. The first-order valence-electron chi connectivity index (χ1n) is 12.1. The molecule has 0 aromatic heterocycles. The Morgan fingerprint density at radius 2 is 1.87 bits per heavy atom. The molecule has 0 heterocycles. The molecule has 3 unspecified atom stereocenters.